The van der Waals surface area contributed by atoms with Crippen LogP contribution < -0.4 is 0 Å². The number of hydrogen-bond acceptors (Lipinski definition) is 3. The third-order valence-electron chi connectivity index (χ3n) is 2.79. The number of hydrogen-bond donors (Lipinski definition) is 1. The van der Waals surface area contributed by atoms with Gasteiger partial charge in [-0.05, 0) is 23.6 Å². The predicted octanol–water partition coefficient (Wildman–Crippen LogP) is 0.684. The van der Waals surface area contributed by atoms with Crippen LogP contribution in [0.5, 0.6) is 0 Å². The molecule has 0 bridgehead atoms. The summed E-state index contributed by atoms with van der Waals surface area (Å²) in [5.41, 5.74) is 1.75. The highest BCUT2D eigenvalue weighted by Crippen LogP contribution is 2.21. The number of nitrogens with zero attached hydrogens (tertiary/aromatic N) is 2. The molecule has 1 amide bonds. The molecule has 1 aromatic rings. The molecule has 1 aliphatic rings. The summed E-state index contributed by atoms with van der Waals surface area (Å²) in [7, 11) is 0. The van der Waals surface area contributed by atoms with Crippen LogP contribution in [0, 0.1) is 0 Å². The summed E-state index contributed by atoms with van der Waals surface area (Å²) in [4.78, 5) is 27.7. The van der Waals surface area contributed by atoms with Crippen molar-refractivity contribution in [2.45, 2.75) is 19.9 Å². The van der Waals surface area contributed by atoms with Crippen molar-refractivity contribution in [2.75, 3.05) is 6.54 Å². The summed E-state index contributed by atoms with van der Waals surface area (Å²) in [5, 5.41) is 8.97. The number of aromatic carboxylic acids is 1. The molecule has 0 aliphatic carbocycles. The number of carboxylic acid groups (broad SMARTS) is 1. The standard InChI is InChI=1S/C11H12N2O3/c1-7(14)13-5-3-9-8(6-13)2-4-12-10(9)11(15)16/h2,4H,3,5-6H2,1H3,(H,15,16). The maximum Gasteiger partial charge on any atom is 0.354 e. The highest BCUT2D eigenvalue weighted by atomic mass is 16.4. The lowest BCUT2D eigenvalue weighted by Gasteiger charge is -2.28. The predicted molar refractivity (Wildman–Crippen MR) is 56.0 cm³/mol. The van der Waals surface area contributed by atoms with Crippen LogP contribution >= 0.6 is 0 Å². The highest BCUT2D eigenvalue weighted by Gasteiger charge is 2.23. The fourth-order valence-electron chi connectivity index (χ4n) is 1.94. The Hall–Kier alpha value is -1.91. The lowest BCUT2D eigenvalue weighted by atomic mass is 9.98. The SMILES string of the molecule is CC(=O)N1CCc2c(ccnc2C(=O)O)C1. The third kappa shape index (κ3) is 1.76. The fraction of sp³-hybridized carbons (Fsp3) is 0.364. The zero-order valence-electron chi connectivity index (χ0n) is 8.93. The van der Waals surface area contributed by atoms with Gasteiger partial charge in [0.25, 0.3) is 0 Å². The van der Waals surface area contributed by atoms with Crippen LogP contribution in [0.25, 0.3) is 0 Å². The molecule has 0 unspecified atom stereocenters. The van der Waals surface area contributed by atoms with Crippen molar-refractivity contribution < 1.29 is 14.7 Å². The van der Waals surface area contributed by atoms with Gasteiger partial charge in [0.1, 0.15) is 0 Å². The Bertz CT molecular complexity index is 457. The second-order valence-corrected chi connectivity index (χ2v) is 3.79. The van der Waals surface area contributed by atoms with Crippen molar-refractivity contribution >= 4 is 11.9 Å². The Labute approximate surface area is 92.7 Å². The van der Waals surface area contributed by atoms with E-state index in [2.05, 4.69) is 4.98 Å². The Morgan fingerprint density at radius 1 is 1.50 bits per heavy atom. The number of carbonyl (C=O) groups excluding carboxylic acids is 1. The van der Waals surface area contributed by atoms with Gasteiger partial charge in [-0.1, -0.05) is 0 Å². The van der Waals surface area contributed by atoms with Gasteiger partial charge in [-0.25, -0.2) is 9.78 Å². The minimum absolute atomic E-state index is 0.0133. The maximum atomic E-state index is 11.2. The largest absolute Gasteiger partial charge is 0.477 e. The van der Waals surface area contributed by atoms with Crippen LogP contribution in [-0.2, 0) is 17.8 Å². The van der Waals surface area contributed by atoms with Crippen molar-refractivity contribution in [2.24, 2.45) is 0 Å². The molecule has 1 aliphatic heterocycles. The summed E-state index contributed by atoms with van der Waals surface area (Å²) in [6.07, 6.45) is 2.04. The van der Waals surface area contributed by atoms with Crippen molar-refractivity contribution in [1.82, 2.24) is 9.88 Å². The molecule has 0 aromatic carbocycles. The second-order valence-electron chi connectivity index (χ2n) is 3.79. The molecule has 0 radical (unpaired) electrons. The number of carboxylic acids is 1. The van der Waals surface area contributed by atoms with Crippen LogP contribution in [0.15, 0.2) is 12.3 Å². The number of pyridine rings is 1. The van der Waals surface area contributed by atoms with E-state index in [9.17, 15) is 9.59 Å². The lowest BCUT2D eigenvalue weighted by Crippen LogP contribution is -2.35. The smallest absolute Gasteiger partial charge is 0.354 e. The quantitative estimate of drug-likeness (QED) is 0.755. The molecule has 0 spiro atoms. The molecule has 16 heavy (non-hydrogen) atoms. The molecule has 5 heteroatoms. The number of carbonyl (C=O) groups is 2. The van der Waals surface area contributed by atoms with E-state index in [4.69, 9.17) is 5.11 Å². The molecule has 84 valence electrons. The zero-order chi connectivity index (χ0) is 11.7. The average molecular weight is 220 g/mol. The number of amides is 1. The van der Waals surface area contributed by atoms with Crippen LogP contribution in [-0.4, -0.2) is 33.4 Å². The van der Waals surface area contributed by atoms with Crippen LogP contribution in [0.3, 0.4) is 0 Å². The Kier molecular flexibility index (Phi) is 2.60. The average Bonchev–Trinajstić information content (AvgIpc) is 2.27. The van der Waals surface area contributed by atoms with Gasteiger partial charge in [-0.3, -0.25) is 4.79 Å². The molecule has 5 nitrogen and oxygen atoms in total. The van der Waals surface area contributed by atoms with Gasteiger partial charge in [-0.2, -0.15) is 0 Å². The molecular formula is C11H12N2O3. The Morgan fingerprint density at radius 2 is 2.25 bits per heavy atom. The lowest BCUT2D eigenvalue weighted by molar-refractivity contribution is -0.129. The Balaban J connectivity index is 2.38. The van der Waals surface area contributed by atoms with Crippen molar-refractivity contribution in [3.05, 3.63) is 29.1 Å². The summed E-state index contributed by atoms with van der Waals surface area (Å²) in [6, 6.07) is 1.77. The second kappa shape index (κ2) is 3.92. The first kappa shape index (κ1) is 10.6. The Morgan fingerprint density at radius 3 is 2.88 bits per heavy atom. The number of aromatic nitrogens is 1. The van der Waals surface area contributed by atoms with Gasteiger partial charge in [0, 0.05) is 26.2 Å². The van der Waals surface area contributed by atoms with Gasteiger partial charge >= 0.3 is 5.97 Å². The molecule has 2 heterocycles. The minimum Gasteiger partial charge on any atom is -0.477 e. The van der Waals surface area contributed by atoms with E-state index in [-0.39, 0.29) is 11.6 Å². The first-order chi connectivity index (χ1) is 7.59. The zero-order valence-corrected chi connectivity index (χ0v) is 8.93. The van der Waals surface area contributed by atoms with Gasteiger partial charge in [0.05, 0.1) is 0 Å². The number of rotatable bonds is 1. The van der Waals surface area contributed by atoms with Crippen molar-refractivity contribution in [1.29, 1.82) is 0 Å². The van der Waals surface area contributed by atoms with Crippen molar-refractivity contribution in [3.63, 3.8) is 0 Å². The molecule has 0 saturated heterocycles. The fourth-order valence-corrected chi connectivity index (χ4v) is 1.94. The monoisotopic (exact) mass is 220 g/mol. The third-order valence-corrected chi connectivity index (χ3v) is 2.79. The van der Waals surface area contributed by atoms with Gasteiger partial charge in [0.15, 0.2) is 5.69 Å². The van der Waals surface area contributed by atoms with Gasteiger partial charge in [0.2, 0.25) is 5.91 Å². The van der Waals surface area contributed by atoms with Crippen LogP contribution in [0.2, 0.25) is 0 Å². The molecule has 0 fully saturated rings. The minimum atomic E-state index is -1.01. The van der Waals surface area contributed by atoms with Crippen LogP contribution in [0.4, 0.5) is 0 Å². The van der Waals surface area contributed by atoms with Gasteiger partial charge < -0.3 is 10.0 Å². The van der Waals surface area contributed by atoms with E-state index in [1.807, 2.05) is 0 Å². The van der Waals surface area contributed by atoms with Gasteiger partial charge in [-0.15, -0.1) is 0 Å². The molecule has 1 N–H and O–H groups in total. The van der Waals surface area contributed by atoms with E-state index in [1.54, 1.807) is 11.0 Å². The topological polar surface area (TPSA) is 70.5 Å². The first-order valence-corrected chi connectivity index (χ1v) is 5.05. The van der Waals surface area contributed by atoms with E-state index in [0.29, 0.717) is 19.5 Å². The van der Waals surface area contributed by atoms with E-state index < -0.39 is 5.97 Å². The highest BCUT2D eigenvalue weighted by molar-refractivity contribution is 5.87. The molecule has 0 saturated carbocycles. The summed E-state index contributed by atoms with van der Waals surface area (Å²) >= 11 is 0. The summed E-state index contributed by atoms with van der Waals surface area (Å²) in [6.45, 7) is 2.56. The normalized spacial score (nSPS) is 14.4. The first-order valence-electron chi connectivity index (χ1n) is 5.05. The molecular weight excluding hydrogens is 208 g/mol. The number of fused-ring (bicyclic) bond motifs is 1. The molecule has 2 rings (SSSR count). The van der Waals surface area contributed by atoms with E-state index >= 15 is 0 Å². The summed E-state index contributed by atoms with van der Waals surface area (Å²) in [5.74, 6) is -0.993. The summed E-state index contributed by atoms with van der Waals surface area (Å²) < 4.78 is 0. The van der Waals surface area contributed by atoms with E-state index in [0.717, 1.165) is 11.1 Å². The van der Waals surface area contributed by atoms with Crippen LogP contribution in [0.1, 0.15) is 28.5 Å². The molecule has 1 aromatic heterocycles. The van der Waals surface area contributed by atoms with E-state index in [1.165, 1.54) is 13.1 Å². The van der Waals surface area contributed by atoms with Crippen molar-refractivity contribution in [3.8, 4) is 0 Å². The maximum absolute atomic E-state index is 11.2. The molecule has 0 atom stereocenters.